The number of phenols is 1. The Morgan fingerprint density at radius 3 is 2.67 bits per heavy atom. The van der Waals surface area contributed by atoms with E-state index in [1.165, 1.54) is 29.6 Å². The standard InChI is InChI=1S/C38H40N4O9S/c1-4-49-37(45)21-32(26-11-15-34(48-3)28(19-26)22-41-23-29-20-30(44)12-16-36(29)51-52(41,46)47)31-13-14-33-38(25(31)2)39-40-42(33)17-7-8-18-50-35-10-6-5-9-27(35)24-43/h5-6,9-16,19-20,24,32,44H,4,7-8,17-18,21-23H2,1-3H3. The van der Waals surface area contributed by atoms with Crippen LogP contribution in [0.3, 0.4) is 0 Å². The molecule has 0 saturated heterocycles. The molecule has 1 aliphatic rings. The molecule has 1 unspecified atom stereocenters. The van der Waals surface area contributed by atoms with Crippen molar-refractivity contribution in [2.45, 2.75) is 58.7 Å². The summed E-state index contributed by atoms with van der Waals surface area (Å²) in [5, 5.41) is 18.9. The first kappa shape index (κ1) is 36.3. The zero-order chi connectivity index (χ0) is 36.8. The number of aldehydes is 1. The van der Waals surface area contributed by atoms with Gasteiger partial charge in [-0.05, 0) is 85.8 Å². The van der Waals surface area contributed by atoms with E-state index in [4.69, 9.17) is 18.4 Å². The topological polar surface area (TPSA) is 159 Å². The average Bonchev–Trinajstić information content (AvgIpc) is 3.55. The lowest BCUT2D eigenvalue weighted by molar-refractivity contribution is -0.143. The number of benzene rings is 4. The van der Waals surface area contributed by atoms with Gasteiger partial charge in [0.15, 0.2) is 6.29 Å². The van der Waals surface area contributed by atoms with Crippen LogP contribution in [0.4, 0.5) is 0 Å². The normalized spacial score (nSPS) is 14.3. The Labute approximate surface area is 301 Å². The predicted molar refractivity (Wildman–Crippen MR) is 192 cm³/mol. The van der Waals surface area contributed by atoms with Crippen LogP contribution < -0.4 is 13.7 Å². The van der Waals surface area contributed by atoms with Gasteiger partial charge in [0.25, 0.3) is 0 Å². The molecule has 0 aliphatic carbocycles. The maximum atomic E-state index is 13.1. The Morgan fingerprint density at radius 2 is 1.88 bits per heavy atom. The number of aryl methyl sites for hydroxylation is 2. The molecule has 4 aromatic carbocycles. The number of esters is 1. The second-order valence-corrected chi connectivity index (χ2v) is 13.9. The van der Waals surface area contributed by atoms with Crippen LogP contribution in [-0.4, -0.2) is 65.4 Å². The Morgan fingerprint density at radius 1 is 1.06 bits per heavy atom. The van der Waals surface area contributed by atoms with Crippen molar-refractivity contribution in [2.24, 2.45) is 0 Å². The largest absolute Gasteiger partial charge is 0.508 e. The monoisotopic (exact) mass is 728 g/mol. The first-order chi connectivity index (χ1) is 25.1. The van der Waals surface area contributed by atoms with Crippen LogP contribution in [0.5, 0.6) is 23.0 Å². The molecule has 0 amide bonds. The molecule has 1 aromatic heterocycles. The minimum absolute atomic E-state index is 0.00106. The number of aromatic hydroxyl groups is 1. The molecule has 272 valence electrons. The molecule has 1 atom stereocenters. The summed E-state index contributed by atoms with van der Waals surface area (Å²) in [6.45, 7) is 4.89. The van der Waals surface area contributed by atoms with Gasteiger partial charge in [0, 0.05) is 36.7 Å². The van der Waals surface area contributed by atoms with Crippen LogP contribution in [0.2, 0.25) is 0 Å². The average molecular weight is 729 g/mol. The van der Waals surface area contributed by atoms with Gasteiger partial charge in [0.1, 0.15) is 28.5 Å². The van der Waals surface area contributed by atoms with Gasteiger partial charge in [-0.25, -0.2) is 4.68 Å². The van der Waals surface area contributed by atoms with Gasteiger partial charge in [-0.15, -0.1) is 5.10 Å². The van der Waals surface area contributed by atoms with E-state index >= 15 is 0 Å². The number of phenolic OH excluding ortho intramolecular Hbond substituents is 1. The van der Waals surface area contributed by atoms with Gasteiger partial charge in [-0.2, -0.15) is 12.7 Å². The van der Waals surface area contributed by atoms with E-state index in [0.717, 1.165) is 41.3 Å². The number of para-hydroxylation sites is 1. The molecule has 13 nitrogen and oxygen atoms in total. The van der Waals surface area contributed by atoms with Gasteiger partial charge in [-0.1, -0.05) is 35.5 Å². The minimum atomic E-state index is -4.15. The van der Waals surface area contributed by atoms with Gasteiger partial charge >= 0.3 is 16.3 Å². The molecule has 52 heavy (non-hydrogen) atoms. The van der Waals surface area contributed by atoms with Gasteiger partial charge in [0.05, 0.1) is 37.8 Å². The molecular weight excluding hydrogens is 689 g/mol. The fourth-order valence-corrected chi connectivity index (χ4v) is 7.53. The first-order valence-corrected chi connectivity index (χ1v) is 18.3. The smallest absolute Gasteiger partial charge is 0.385 e. The fraction of sp³-hybridized carbons (Fsp3) is 0.316. The highest BCUT2D eigenvalue weighted by Gasteiger charge is 2.33. The summed E-state index contributed by atoms with van der Waals surface area (Å²) < 4.78 is 51.5. The number of carbonyl (C=O) groups is 2. The van der Waals surface area contributed by atoms with Crippen molar-refractivity contribution in [1.29, 1.82) is 0 Å². The number of hydrogen-bond donors (Lipinski definition) is 1. The van der Waals surface area contributed by atoms with E-state index in [1.54, 1.807) is 31.2 Å². The van der Waals surface area contributed by atoms with Crippen molar-refractivity contribution in [3.05, 3.63) is 106 Å². The summed E-state index contributed by atoms with van der Waals surface area (Å²) in [7, 11) is -2.65. The summed E-state index contributed by atoms with van der Waals surface area (Å²) in [5.74, 6) is 0.345. The zero-order valence-corrected chi connectivity index (χ0v) is 30.0. The Bertz CT molecular complexity index is 2200. The number of aromatic nitrogens is 3. The van der Waals surface area contributed by atoms with E-state index in [-0.39, 0.29) is 43.6 Å². The Hall–Kier alpha value is -5.47. The maximum absolute atomic E-state index is 13.1. The van der Waals surface area contributed by atoms with Crippen molar-refractivity contribution in [3.63, 3.8) is 0 Å². The molecule has 1 aliphatic heterocycles. The second kappa shape index (κ2) is 15.8. The third-order valence-electron chi connectivity index (χ3n) is 9.06. The molecular formula is C38H40N4O9S. The number of rotatable bonds is 15. The SMILES string of the molecule is CCOC(=O)CC(c1ccc(OC)c(CN2Cc3cc(O)ccc3OS2(=O)=O)c1)c1ccc2c(nnn2CCCCOc2ccccc2C=O)c1C. The molecule has 0 fully saturated rings. The molecule has 5 aromatic rings. The molecule has 0 saturated carbocycles. The summed E-state index contributed by atoms with van der Waals surface area (Å²) in [5.41, 5.74) is 5.61. The zero-order valence-electron chi connectivity index (χ0n) is 29.2. The maximum Gasteiger partial charge on any atom is 0.385 e. The number of ether oxygens (including phenoxy) is 3. The quantitative estimate of drug-likeness (QED) is 0.0783. The van der Waals surface area contributed by atoms with Gasteiger partial charge < -0.3 is 23.5 Å². The van der Waals surface area contributed by atoms with Crippen molar-refractivity contribution in [2.75, 3.05) is 20.3 Å². The van der Waals surface area contributed by atoms with Crippen molar-refractivity contribution in [1.82, 2.24) is 19.3 Å². The number of methoxy groups -OCH3 is 1. The third-order valence-corrected chi connectivity index (χ3v) is 10.3. The number of hydrogen-bond acceptors (Lipinski definition) is 11. The van der Waals surface area contributed by atoms with Crippen LogP contribution in [0, 0.1) is 6.92 Å². The first-order valence-electron chi connectivity index (χ1n) is 17.0. The van der Waals surface area contributed by atoms with Crippen molar-refractivity contribution in [3.8, 4) is 23.0 Å². The summed E-state index contributed by atoms with van der Waals surface area (Å²) in [6, 6.07) is 20.8. The van der Waals surface area contributed by atoms with Crippen LogP contribution in [-0.2, 0) is 39.5 Å². The predicted octanol–water partition coefficient (Wildman–Crippen LogP) is 5.85. The molecule has 6 rings (SSSR count). The van der Waals surface area contributed by atoms with E-state index in [0.29, 0.717) is 46.9 Å². The molecule has 2 heterocycles. The highest BCUT2D eigenvalue weighted by Crippen LogP contribution is 2.38. The van der Waals surface area contributed by atoms with E-state index in [9.17, 15) is 23.1 Å². The summed E-state index contributed by atoms with van der Waals surface area (Å²) >= 11 is 0. The number of nitrogens with zero attached hydrogens (tertiary/aromatic N) is 4. The number of fused-ring (bicyclic) bond motifs is 2. The molecule has 14 heteroatoms. The number of carbonyl (C=O) groups excluding carboxylic acids is 2. The summed E-state index contributed by atoms with van der Waals surface area (Å²) in [6.07, 6.45) is 2.33. The Kier molecular flexibility index (Phi) is 11.1. The van der Waals surface area contributed by atoms with Crippen LogP contribution in [0.25, 0.3) is 11.0 Å². The minimum Gasteiger partial charge on any atom is -0.508 e. The van der Waals surface area contributed by atoms with Crippen LogP contribution >= 0.6 is 0 Å². The molecule has 0 bridgehead atoms. The van der Waals surface area contributed by atoms with Crippen molar-refractivity contribution >= 4 is 33.6 Å². The summed E-state index contributed by atoms with van der Waals surface area (Å²) in [4.78, 5) is 24.3. The Balaban J connectivity index is 1.25. The molecule has 0 radical (unpaired) electrons. The number of unbranched alkanes of at least 4 members (excludes halogenated alkanes) is 1. The van der Waals surface area contributed by atoms with Gasteiger partial charge in [-0.3, -0.25) is 9.59 Å². The fourth-order valence-electron chi connectivity index (χ4n) is 6.44. The lowest BCUT2D eigenvalue weighted by Gasteiger charge is -2.28. The highest BCUT2D eigenvalue weighted by molar-refractivity contribution is 7.84. The lowest BCUT2D eigenvalue weighted by Crippen LogP contribution is -2.37. The third kappa shape index (κ3) is 7.87. The van der Waals surface area contributed by atoms with Crippen LogP contribution in [0.1, 0.15) is 70.3 Å². The van der Waals surface area contributed by atoms with E-state index in [2.05, 4.69) is 10.3 Å². The lowest BCUT2D eigenvalue weighted by atomic mass is 9.84. The molecule has 1 N–H and O–H groups in total. The highest BCUT2D eigenvalue weighted by atomic mass is 32.2. The van der Waals surface area contributed by atoms with Crippen LogP contribution in [0.15, 0.2) is 72.8 Å². The van der Waals surface area contributed by atoms with E-state index < -0.39 is 16.2 Å². The van der Waals surface area contributed by atoms with E-state index in [1.807, 2.05) is 41.9 Å². The second-order valence-electron chi connectivity index (χ2n) is 12.4. The van der Waals surface area contributed by atoms with Crippen molar-refractivity contribution < 1.29 is 41.5 Å². The molecule has 0 spiro atoms. The van der Waals surface area contributed by atoms with Gasteiger partial charge in [0.2, 0.25) is 0 Å².